The highest BCUT2D eigenvalue weighted by Crippen LogP contribution is 2.46. The molecular formula is C24H26Cl2F3N3O3. The highest BCUT2D eigenvalue weighted by Gasteiger charge is 2.34. The van der Waals surface area contributed by atoms with Crippen molar-refractivity contribution < 1.29 is 28.2 Å². The summed E-state index contributed by atoms with van der Waals surface area (Å²) in [4.78, 5) is 20.3. The van der Waals surface area contributed by atoms with Gasteiger partial charge in [-0.2, -0.15) is 13.2 Å². The average Bonchev–Trinajstić information content (AvgIpc) is 2.85. The number of hydrogen-bond donors (Lipinski definition) is 2. The highest BCUT2D eigenvalue weighted by atomic mass is 35.5. The molecule has 6 nitrogen and oxygen atoms in total. The lowest BCUT2D eigenvalue weighted by Gasteiger charge is -2.31. The molecule has 1 fully saturated rings. The van der Waals surface area contributed by atoms with Crippen LogP contribution in [-0.2, 0) is 30.4 Å². The largest absolute Gasteiger partial charge is 0.503 e. The third-order valence-electron chi connectivity index (χ3n) is 6.61. The van der Waals surface area contributed by atoms with E-state index in [1.807, 2.05) is 4.90 Å². The molecule has 2 aliphatic rings. The minimum absolute atomic E-state index is 0.0265. The summed E-state index contributed by atoms with van der Waals surface area (Å²) in [5.41, 5.74) is 0.908. The first kappa shape index (κ1) is 25.7. The zero-order chi connectivity index (χ0) is 25.3. The second-order valence-corrected chi connectivity index (χ2v) is 9.68. The van der Waals surface area contributed by atoms with Crippen LogP contribution in [0.2, 0.25) is 10.0 Å². The van der Waals surface area contributed by atoms with Gasteiger partial charge in [-0.25, -0.2) is 4.98 Å². The number of carbonyl (C=O) groups is 1. The first-order valence-electron chi connectivity index (χ1n) is 11.6. The molecule has 4 rings (SSSR count). The second kappa shape index (κ2) is 10.3. The van der Waals surface area contributed by atoms with Gasteiger partial charge < -0.3 is 20.0 Å². The molecule has 2 aliphatic heterocycles. The SMILES string of the molecule is O=C(CCCc1ccc(C(F)(F)F)nc1N1CCCCC1)N1CCc2c(Cl)c(O)c(O)c(Cl)c2C1. The number of aromatic hydroxyl groups is 2. The zero-order valence-corrected chi connectivity index (χ0v) is 20.5. The summed E-state index contributed by atoms with van der Waals surface area (Å²) >= 11 is 12.3. The number of alkyl halides is 3. The Hall–Kier alpha value is -2.39. The Balaban J connectivity index is 1.43. The Morgan fingerprint density at radius 1 is 1.00 bits per heavy atom. The number of hydrogen-bond acceptors (Lipinski definition) is 5. The molecule has 0 bridgehead atoms. The molecule has 190 valence electrons. The van der Waals surface area contributed by atoms with Gasteiger partial charge in [0.2, 0.25) is 5.91 Å². The molecule has 0 radical (unpaired) electrons. The predicted octanol–water partition coefficient (Wildman–Crippen LogP) is 5.72. The average molecular weight is 532 g/mol. The number of rotatable bonds is 5. The number of piperidine rings is 1. The summed E-state index contributed by atoms with van der Waals surface area (Å²) in [6.45, 7) is 1.87. The molecule has 0 unspecified atom stereocenters. The summed E-state index contributed by atoms with van der Waals surface area (Å²) in [5, 5.41) is 19.9. The summed E-state index contributed by atoms with van der Waals surface area (Å²) in [6, 6.07) is 2.47. The predicted molar refractivity (Wildman–Crippen MR) is 127 cm³/mol. The van der Waals surface area contributed by atoms with Crippen LogP contribution in [0.25, 0.3) is 0 Å². The minimum atomic E-state index is -4.51. The molecular weight excluding hydrogens is 506 g/mol. The quantitative estimate of drug-likeness (QED) is 0.482. The number of amides is 1. The van der Waals surface area contributed by atoms with Gasteiger partial charge in [0, 0.05) is 32.6 Å². The van der Waals surface area contributed by atoms with Gasteiger partial charge in [0.15, 0.2) is 11.5 Å². The van der Waals surface area contributed by atoms with Crippen molar-refractivity contribution in [2.45, 2.75) is 57.7 Å². The van der Waals surface area contributed by atoms with E-state index in [9.17, 15) is 28.2 Å². The molecule has 0 saturated carbocycles. The minimum Gasteiger partial charge on any atom is -0.503 e. The number of phenols is 2. The van der Waals surface area contributed by atoms with Gasteiger partial charge >= 0.3 is 6.18 Å². The van der Waals surface area contributed by atoms with Crippen LogP contribution >= 0.6 is 23.2 Å². The van der Waals surface area contributed by atoms with Gasteiger partial charge in [-0.15, -0.1) is 0 Å². The van der Waals surface area contributed by atoms with Crippen LogP contribution < -0.4 is 4.90 Å². The van der Waals surface area contributed by atoms with E-state index in [1.165, 1.54) is 6.07 Å². The second-order valence-electron chi connectivity index (χ2n) is 8.93. The number of pyridine rings is 1. The van der Waals surface area contributed by atoms with E-state index in [1.54, 1.807) is 4.90 Å². The van der Waals surface area contributed by atoms with Crippen LogP contribution in [-0.4, -0.2) is 45.6 Å². The van der Waals surface area contributed by atoms with E-state index in [4.69, 9.17) is 23.2 Å². The van der Waals surface area contributed by atoms with Gasteiger partial charge in [-0.05, 0) is 61.3 Å². The number of aromatic nitrogens is 1. The van der Waals surface area contributed by atoms with Gasteiger partial charge in [-0.3, -0.25) is 4.79 Å². The smallest absolute Gasteiger partial charge is 0.433 e. The molecule has 2 N–H and O–H groups in total. The van der Waals surface area contributed by atoms with E-state index < -0.39 is 23.4 Å². The lowest BCUT2D eigenvalue weighted by Crippen LogP contribution is -2.36. The molecule has 3 heterocycles. The molecule has 35 heavy (non-hydrogen) atoms. The first-order valence-corrected chi connectivity index (χ1v) is 12.3. The normalized spacial score (nSPS) is 16.4. The molecule has 2 aromatic rings. The Kier molecular flexibility index (Phi) is 7.57. The van der Waals surface area contributed by atoms with Crippen molar-refractivity contribution in [1.82, 2.24) is 9.88 Å². The van der Waals surface area contributed by atoms with Crippen molar-refractivity contribution in [2.24, 2.45) is 0 Å². The number of benzene rings is 1. The number of phenolic OH excluding ortho intramolecular Hbond substituents is 2. The number of aryl methyl sites for hydroxylation is 1. The molecule has 11 heteroatoms. The zero-order valence-electron chi connectivity index (χ0n) is 19.0. The van der Waals surface area contributed by atoms with Crippen molar-refractivity contribution in [1.29, 1.82) is 0 Å². The number of anilines is 1. The fourth-order valence-corrected chi connectivity index (χ4v) is 5.27. The van der Waals surface area contributed by atoms with Crippen molar-refractivity contribution in [3.05, 3.63) is 44.6 Å². The van der Waals surface area contributed by atoms with Crippen molar-refractivity contribution in [3.63, 3.8) is 0 Å². The maximum Gasteiger partial charge on any atom is 0.433 e. The molecule has 0 spiro atoms. The van der Waals surface area contributed by atoms with Crippen LogP contribution in [0.3, 0.4) is 0 Å². The number of halogens is 5. The van der Waals surface area contributed by atoms with Gasteiger partial charge in [0.25, 0.3) is 0 Å². The molecule has 1 aromatic heterocycles. The topological polar surface area (TPSA) is 76.9 Å². The Morgan fingerprint density at radius 2 is 1.66 bits per heavy atom. The summed E-state index contributed by atoms with van der Waals surface area (Å²) in [5.74, 6) is -0.750. The van der Waals surface area contributed by atoms with Crippen LogP contribution in [0, 0.1) is 0 Å². The Labute approximate surface area is 211 Å². The van der Waals surface area contributed by atoms with E-state index >= 15 is 0 Å². The lowest BCUT2D eigenvalue weighted by molar-refractivity contribution is -0.141. The molecule has 1 amide bonds. The van der Waals surface area contributed by atoms with Gasteiger partial charge in [0.1, 0.15) is 11.5 Å². The van der Waals surface area contributed by atoms with E-state index in [0.29, 0.717) is 61.4 Å². The van der Waals surface area contributed by atoms with Crippen LogP contribution in [0.1, 0.15) is 54.5 Å². The Morgan fingerprint density at radius 3 is 2.31 bits per heavy atom. The van der Waals surface area contributed by atoms with Crippen molar-refractivity contribution in [2.75, 3.05) is 24.5 Å². The highest BCUT2D eigenvalue weighted by molar-refractivity contribution is 6.36. The van der Waals surface area contributed by atoms with Crippen molar-refractivity contribution in [3.8, 4) is 11.5 Å². The van der Waals surface area contributed by atoms with Crippen LogP contribution in [0.15, 0.2) is 12.1 Å². The summed E-state index contributed by atoms with van der Waals surface area (Å²) in [7, 11) is 0. The number of fused-ring (bicyclic) bond motifs is 1. The number of nitrogens with zero attached hydrogens (tertiary/aromatic N) is 3. The maximum atomic E-state index is 13.3. The van der Waals surface area contributed by atoms with E-state index in [2.05, 4.69) is 4.98 Å². The number of carbonyl (C=O) groups excluding carboxylic acids is 1. The van der Waals surface area contributed by atoms with Crippen LogP contribution in [0.5, 0.6) is 11.5 Å². The third kappa shape index (κ3) is 5.40. The molecule has 0 aliphatic carbocycles. The fraction of sp³-hybridized carbons (Fsp3) is 0.500. The van der Waals surface area contributed by atoms with Crippen molar-refractivity contribution >= 4 is 34.9 Å². The molecule has 0 atom stereocenters. The summed E-state index contributed by atoms with van der Waals surface area (Å²) < 4.78 is 39.8. The standard InChI is InChI=1S/C24H26Cl2F3N3O3/c25-19-15-9-12-32(13-16(15)20(26)22(35)21(19)34)18(33)6-4-5-14-7-8-17(24(27,28)29)30-23(14)31-10-2-1-3-11-31/h7-8,34-35H,1-6,9-13H2. The van der Waals surface area contributed by atoms with Crippen LogP contribution in [0.4, 0.5) is 19.0 Å². The maximum absolute atomic E-state index is 13.3. The van der Waals surface area contributed by atoms with Gasteiger partial charge in [-0.1, -0.05) is 29.3 Å². The summed E-state index contributed by atoms with van der Waals surface area (Å²) in [6.07, 6.45) is -0.192. The third-order valence-corrected chi connectivity index (χ3v) is 7.42. The Bertz CT molecular complexity index is 1120. The lowest BCUT2D eigenvalue weighted by atomic mass is 9.97. The molecule has 1 aromatic carbocycles. The van der Waals surface area contributed by atoms with E-state index in [0.717, 1.165) is 25.3 Å². The first-order chi connectivity index (χ1) is 16.6. The fourth-order valence-electron chi connectivity index (χ4n) is 4.71. The van der Waals surface area contributed by atoms with E-state index in [-0.39, 0.29) is 28.9 Å². The monoisotopic (exact) mass is 531 g/mol. The van der Waals surface area contributed by atoms with Gasteiger partial charge in [0.05, 0.1) is 10.0 Å². The molecule has 1 saturated heterocycles.